The second-order valence-corrected chi connectivity index (χ2v) is 10.0. The number of hydrogen-bond donors (Lipinski definition) is 4. The van der Waals surface area contributed by atoms with Gasteiger partial charge in [-0.25, -0.2) is 0 Å². The van der Waals surface area contributed by atoms with Crippen molar-refractivity contribution in [2.45, 2.75) is 136 Å². The van der Waals surface area contributed by atoms with Gasteiger partial charge in [0.1, 0.15) is 0 Å². The van der Waals surface area contributed by atoms with Gasteiger partial charge in [-0.3, -0.25) is 4.72 Å². The third-order valence-corrected chi connectivity index (χ3v) is 6.75. The lowest BCUT2D eigenvalue weighted by atomic mass is 10.0. The van der Waals surface area contributed by atoms with Crippen LogP contribution in [0.4, 0.5) is 0 Å². The van der Waals surface area contributed by atoms with Gasteiger partial charge >= 0.3 is 0 Å². The molecule has 4 nitrogen and oxygen atoms in total. The fourth-order valence-corrected chi connectivity index (χ4v) is 4.56. The standard InChI is InChI=1S/C26H58N4S.C2H6/c1-2-3-4-5-6-7-8-9-10-11-12-13-14-17-26-31-30-25-19-24-29-22-16-15-21-28-23-18-20-27;1-2/h28-30H,2-27H2,1H3;1-2H3. The van der Waals surface area contributed by atoms with Gasteiger partial charge in [0.05, 0.1) is 0 Å². The Labute approximate surface area is 214 Å². The first-order chi connectivity index (χ1) is 16.4. The van der Waals surface area contributed by atoms with E-state index in [1.54, 1.807) is 0 Å². The molecule has 0 fully saturated rings. The number of hydrogen-bond acceptors (Lipinski definition) is 5. The largest absolute Gasteiger partial charge is 0.330 e. The molecule has 0 aromatic rings. The highest BCUT2D eigenvalue weighted by atomic mass is 32.2. The molecule has 5 N–H and O–H groups in total. The molecule has 0 aromatic heterocycles. The molecule has 0 aliphatic rings. The van der Waals surface area contributed by atoms with Crippen LogP contribution in [-0.2, 0) is 0 Å². The molecule has 0 aromatic carbocycles. The van der Waals surface area contributed by atoms with Crippen LogP contribution in [0.25, 0.3) is 0 Å². The molecule has 0 rings (SSSR count). The summed E-state index contributed by atoms with van der Waals surface area (Å²) >= 11 is 1.92. The minimum absolute atomic E-state index is 0.792. The van der Waals surface area contributed by atoms with E-state index in [2.05, 4.69) is 22.3 Å². The number of unbranched alkanes of at least 4 members (excludes halogenated alkanes) is 14. The summed E-state index contributed by atoms with van der Waals surface area (Å²) in [5, 5.41) is 6.98. The Bertz CT molecular complexity index is 278. The van der Waals surface area contributed by atoms with Crippen LogP contribution in [0.1, 0.15) is 136 Å². The maximum absolute atomic E-state index is 5.48. The molecule has 0 unspecified atom stereocenters. The van der Waals surface area contributed by atoms with Crippen LogP contribution in [0.5, 0.6) is 0 Å². The highest BCUT2D eigenvalue weighted by Crippen LogP contribution is 2.13. The number of nitrogens with one attached hydrogen (secondary N) is 3. The van der Waals surface area contributed by atoms with Crippen LogP contribution in [0.3, 0.4) is 0 Å². The summed E-state index contributed by atoms with van der Waals surface area (Å²) in [6.45, 7) is 12.7. The van der Waals surface area contributed by atoms with E-state index in [0.717, 1.165) is 45.7 Å². The Balaban J connectivity index is 0. The first-order valence-corrected chi connectivity index (χ1v) is 15.9. The first kappa shape index (κ1) is 35.4. The third kappa shape index (κ3) is 36.9. The quantitative estimate of drug-likeness (QED) is 0.0681. The van der Waals surface area contributed by atoms with Gasteiger partial charge in [-0.2, -0.15) is 0 Å². The van der Waals surface area contributed by atoms with Crippen molar-refractivity contribution in [2.24, 2.45) is 5.73 Å². The molecule has 0 aliphatic carbocycles. The minimum atomic E-state index is 0.792. The normalized spacial score (nSPS) is 10.9. The summed E-state index contributed by atoms with van der Waals surface area (Å²) in [5.41, 5.74) is 5.48. The summed E-state index contributed by atoms with van der Waals surface area (Å²) in [7, 11) is 0. The van der Waals surface area contributed by atoms with Gasteiger partial charge in [0.15, 0.2) is 0 Å². The molecule has 0 saturated heterocycles. The Morgan fingerprint density at radius 2 is 0.909 bits per heavy atom. The fraction of sp³-hybridized carbons (Fsp3) is 1.00. The lowest BCUT2D eigenvalue weighted by Gasteiger charge is -2.07. The van der Waals surface area contributed by atoms with E-state index in [9.17, 15) is 0 Å². The van der Waals surface area contributed by atoms with Crippen molar-refractivity contribution in [1.29, 1.82) is 0 Å². The molecule has 33 heavy (non-hydrogen) atoms. The zero-order valence-corrected chi connectivity index (χ0v) is 24.0. The number of rotatable bonds is 28. The molecule has 202 valence electrons. The predicted molar refractivity (Wildman–Crippen MR) is 155 cm³/mol. The Morgan fingerprint density at radius 3 is 1.39 bits per heavy atom. The fourth-order valence-electron chi connectivity index (χ4n) is 3.78. The van der Waals surface area contributed by atoms with E-state index in [0.29, 0.717) is 0 Å². The summed E-state index contributed by atoms with van der Waals surface area (Å²) in [6, 6.07) is 0. The molecular formula is C28H64N4S. The van der Waals surface area contributed by atoms with Crippen molar-refractivity contribution in [3.63, 3.8) is 0 Å². The molecule has 0 radical (unpaired) electrons. The highest BCUT2D eigenvalue weighted by molar-refractivity contribution is 7.97. The van der Waals surface area contributed by atoms with Crippen molar-refractivity contribution < 1.29 is 0 Å². The maximum atomic E-state index is 5.48. The highest BCUT2D eigenvalue weighted by Gasteiger charge is 1.95. The average molecular weight is 489 g/mol. The monoisotopic (exact) mass is 488 g/mol. The van der Waals surface area contributed by atoms with Gasteiger partial charge in [0, 0.05) is 12.3 Å². The van der Waals surface area contributed by atoms with Gasteiger partial charge in [-0.05, 0) is 64.8 Å². The molecule has 0 heterocycles. The van der Waals surface area contributed by atoms with Crippen molar-refractivity contribution in [3.05, 3.63) is 0 Å². The van der Waals surface area contributed by atoms with Gasteiger partial charge in [0.25, 0.3) is 0 Å². The SMILES string of the molecule is CC.CCCCCCCCCCCCCCCCSNCCCNCCCCNCCCN. The smallest absolute Gasteiger partial charge is 0.00786 e. The van der Waals surface area contributed by atoms with Gasteiger partial charge < -0.3 is 16.4 Å². The van der Waals surface area contributed by atoms with Crippen LogP contribution < -0.4 is 21.1 Å². The van der Waals surface area contributed by atoms with E-state index in [1.165, 1.54) is 115 Å². The Hall–Kier alpha value is 0.190. The van der Waals surface area contributed by atoms with Gasteiger partial charge in [-0.15, -0.1) is 0 Å². The summed E-state index contributed by atoms with van der Waals surface area (Å²) < 4.78 is 3.52. The van der Waals surface area contributed by atoms with E-state index in [4.69, 9.17) is 5.73 Å². The summed E-state index contributed by atoms with van der Waals surface area (Å²) in [4.78, 5) is 0. The van der Waals surface area contributed by atoms with Crippen LogP contribution in [0.2, 0.25) is 0 Å². The Kier molecular flexibility index (Phi) is 39.4. The number of nitrogens with two attached hydrogens (primary N) is 1. The van der Waals surface area contributed by atoms with Gasteiger partial charge in [0.2, 0.25) is 0 Å². The predicted octanol–water partition coefficient (Wildman–Crippen LogP) is 7.43. The lowest BCUT2D eigenvalue weighted by Crippen LogP contribution is -2.22. The van der Waals surface area contributed by atoms with Crippen LogP contribution >= 0.6 is 11.9 Å². The molecule has 0 amide bonds. The molecule has 0 bridgehead atoms. The molecule has 0 spiro atoms. The molecular weight excluding hydrogens is 424 g/mol. The Morgan fingerprint density at radius 1 is 0.485 bits per heavy atom. The van der Waals surface area contributed by atoms with Crippen molar-refractivity contribution in [2.75, 3.05) is 45.0 Å². The van der Waals surface area contributed by atoms with E-state index in [-0.39, 0.29) is 0 Å². The van der Waals surface area contributed by atoms with Crippen LogP contribution in [0.15, 0.2) is 0 Å². The van der Waals surface area contributed by atoms with E-state index in [1.807, 2.05) is 25.8 Å². The zero-order valence-electron chi connectivity index (χ0n) is 23.2. The summed E-state index contributed by atoms with van der Waals surface area (Å²) in [5.74, 6) is 1.27. The molecule has 0 saturated carbocycles. The van der Waals surface area contributed by atoms with Crippen molar-refractivity contribution in [3.8, 4) is 0 Å². The lowest BCUT2D eigenvalue weighted by molar-refractivity contribution is 0.538. The topological polar surface area (TPSA) is 62.1 Å². The zero-order chi connectivity index (χ0) is 24.5. The maximum Gasteiger partial charge on any atom is 0.00786 e. The molecule has 5 heteroatoms. The van der Waals surface area contributed by atoms with Gasteiger partial charge in [-0.1, -0.05) is 116 Å². The van der Waals surface area contributed by atoms with E-state index < -0.39 is 0 Å². The van der Waals surface area contributed by atoms with Crippen LogP contribution in [0, 0.1) is 0 Å². The molecule has 0 atom stereocenters. The van der Waals surface area contributed by atoms with Crippen molar-refractivity contribution in [1.82, 2.24) is 15.4 Å². The van der Waals surface area contributed by atoms with Crippen molar-refractivity contribution >= 4 is 11.9 Å². The average Bonchev–Trinajstić information content (AvgIpc) is 2.85. The second kappa shape index (κ2) is 36.8. The molecule has 0 aliphatic heterocycles. The van der Waals surface area contributed by atoms with Crippen LogP contribution in [-0.4, -0.2) is 45.0 Å². The minimum Gasteiger partial charge on any atom is -0.330 e. The second-order valence-electron chi connectivity index (χ2n) is 9.04. The van der Waals surface area contributed by atoms with E-state index >= 15 is 0 Å². The third-order valence-electron chi connectivity index (χ3n) is 5.85. The summed E-state index contributed by atoms with van der Waals surface area (Å²) in [6.07, 6.45) is 25.0. The first-order valence-electron chi connectivity index (χ1n) is 14.9.